The van der Waals surface area contributed by atoms with Crippen molar-refractivity contribution in [2.75, 3.05) is 62.2 Å². The van der Waals surface area contributed by atoms with Crippen LogP contribution in [0, 0.1) is 0 Å². The summed E-state index contributed by atoms with van der Waals surface area (Å²) in [7, 11) is 0. The normalized spacial score (nSPS) is 16.6. The molecule has 2 aliphatic heterocycles. The number of nitrogens with one attached hydrogen (secondary N) is 1. The lowest BCUT2D eigenvalue weighted by Gasteiger charge is -2.36. The molecule has 1 amide bonds. The molecule has 4 rings (SSSR count). The van der Waals surface area contributed by atoms with Crippen molar-refractivity contribution in [1.29, 1.82) is 0 Å². The fourth-order valence-corrected chi connectivity index (χ4v) is 3.77. The molecule has 180 valence electrons. The van der Waals surface area contributed by atoms with Crippen LogP contribution in [-0.2, 0) is 4.74 Å². The molecule has 0 aromatic heterocycles. The SMILES string of the molecule is CC(C)(C)OC(=O)N1CCN(c2ccccc2O)CC1.Oc1ccc(N2CCNCC2)cc1. The number of hydrogen-bond acceptors (Lipinski definition) is 7. The highest BCUT2D eigenvalue weighted by Crippen LogP contribution is 2.27. The van der Waals surface area contributed by atoms with Crippen molar-refractivity contribution in [3.05, 3.63) is 48.5 Å². The Bertz CT molecular complexity index is 884. The van der Waals surface area contributed by atoms with Gasteiger partial charge in [0.15, 0.2) is 0 Å². The number of piperazine rings is 2. The number of rotatable bonds is 2. The summed E-state index contributed by atoms with van der Waals surface area (Å²) in [5, 5.41) is 22.3. The van der Waals surface area contributed by atoms with E-state index in [0.29, 0.717) is 31.9 Å². The highest BCUT2D eigenvalue weighted by atomic mass is 16.6. The first-order chi connectivity index (χ1) is 15.7. The lowest BCUT2D eigenvalue weighted by atomic mass is 10.2. The smallest absolute Gasteiger partial charge is 0.410 e. The summed E-state index contributed by atoms with van der Waals surface area (Å²) in [4.78, 5) is 18.1. The van der Waals surface area contributed by atoms with Crippen LogP contribution in [0.5, 0.6) is 11.5 Å². The van der Waals surface area contributed by atoms with Gasteiger partial charge in [0.1, 0.15) is 17.1 Å². The molecular weight excluding hydrogens is 420 g/mol. The Hall–Kier alpha value is -3.13. The number of benzene rings is 2. The van der Waals surface area contributed by atoms with Crippen molar-refractivity contribution in [1.82, 2.24) is 10.2 Å². The van der Waals surface area contributed by atoms with Crippen LogP contribution in [0.15, 0.2) is 48.5 Å². The Morgan fingerprint density at radius 2 is 1.45 bits per heavy atom. The number of amides is 1. The van der Waals surface area contributed by atoms with Gasteiger partial charge in [-0.2, -0.15) is 0 Å². The van der Waals surface area contributed by atoms with Gasteiger partial charge in [-0.1, -0.05) is 12.1 Å². The molecule has 33 heavy (non-hydrogen) atoms. The van der Waals surface area contributed by atoms with Crippen LogP contribution in [0.3, 0.4) is 0 Å². The monoisotopic (exact) mass is 456 g/mol. The Labute approximate surface area is 196 Å². The maximum Gasteiger partial charge on any atom is 0.410 e. The third-order valence-electron chi connectivity index (χ3n) is 5.49. The third-order valence-corrected chi connectivity index (χ3v) is 5.49. The lowest BCUT2D eigenvalue weighted by Crippen LogP contribution is -2.50. The van der Waals surface area contributed by atoms with E-state index in [2.05, 4.69) is 15.1 Å². The highest BCUT2D eigenvalue weighted by molar-refractivity contribution is 5.69. The zero-order valence-electron chi connectivity index (χ0n) is 19.8. The molecular formula is C25H36N4O4. The Kier molecular flexibility index (Phi) is 8.27. The van der Waals surface area contributed by atoms with Crippen molar-refractivity contribution in [2.24, 2.45) is 0 Å². The highest BCUT2D eigenvalue weighted by Gasteiger charge is 2.26. The van der Waals surface area contributed by atoms with Gasteiger partial charge in [-0.15, -0.1) is 0 Å². The summed E-state index contributed by atoms with van der Waals surface area (Å²) in [6.07, 6.45) is -0.269. The molecule has 2 aromatic carbocycles. The molecule has 0 saturated carbocycles. The van der Waals surface area contributed by atoms with Gasteiger partial charge in [-0.25, -0.2) is 4.79 Å². The number of phenols is 2. The first-order valence-corrected chi connectivity index (χ1v) is 11.5. The van der Waals surface area contributed by atoms with Crippen LogP contribution in [0.2, 0.25) is 0 Å². The molecule has 2 aromatic rings. The van der Waals surface area contributed by atoms with Crippen LogP contribution < -0.4 is 15.1 Å². The number of phenolic OH excluding ortho intramolecular Hbond substituents is 2. The molecule has 0 atom stereocenters. The summed E-state index contributed by atoms with van der Waals surface area (Å²) in [6, 6.07) is 14.6. The van der Waals surface area contributed by atoms with Gasteiger partial charge in [0.25, 0.3) is 0 Å². The number of para-hydroxylation sites is 2. The van der Waals surface area contributed by atoms with Gasteiger partial charge in [0.05, 0.1) is 5.69 Å². The predicted octanol–water partition coefficient (Wildman–Crippen LogP) is 3.25. The maximum atomic E-state index is 12.0. The minimum absolute atomic E-state index is 0.269. The standard InChI is InChI=1S/C15H22N2O3.C10H14N2O/c1-15(2,3)20-14(19)17-10-8-16(9-11-17)12-6-4-5-7-13(12)18;13-10-3-1-9(2-4-10)12-7-5-11-6-8-12/h4-7,18H,8-11H2,1-3H3;1-4,11,13H,5-8H2. The van der Waals surface area contributed by atoms with Crippen molar-refractivity contribution in [3.63, 3.8) is 0 Å². The van der Waals surface area contributed by atoms with E-state index in [9.17, 15) is 9.90 Å². The minimum atomic E-state index is -0.466. The molecule has 0 radical (unpaired) electrons. The summed E-state index contributed by atoms with van der Waals surface area (Å²) in [6.45, 7) is 12.4. The Morgan fingerprint density at radius 3 is 2.03 bits per heavy atom. The first-order valence-electron chi connectivity index (χ1n) is 11.5. The van der Waals surface area contributed by atoms with Crippen LogP contribution in [0.25, 0.3) is 0 Å². The van der Waals surface area contributed by atoms with Crippen LogP contribution in [0.4, 0.5) is 16.2 Å². The van der Waals surface area contributed by atoms with Gasteiger partial charge < -0.3 is 35.0 Å². The number of nitrogens with zero attached hydrogens (tertiary/aromatic N) is 3. The number of hydrogen-bond donors (Lipinski definition) is 3. The van der Waals surface area contributed by atoms with Crippen LogP contribution in [0.1, 0.15) is 20.8 Å². The molecule has 0 spiro atoms. The molecule has 8 heteroatoms. The number of carbonyl (C=O) groups is 1. The average molecular weight is 457 g/mol. The number of ether oxygens (including phenoxy) is 1. The zero-order valence-corrected chi connectivity index (χ0v) is 19.8. The van der Waals surface area contributed by atoms with Crippen LogP contribution >= 0.6 is 0 Å². The Morgan fingerprint density at radius 1 is 0.848 bits per heavy atom. The van der Waals surface area contributed by atoms with Crippen LogP contribution in [-0.4, -0.2) is 79.2 Å². The fraction of sp³-hybridized carbons (Fsp3) is 0.480. The Balaban J connectivity index is 0.000000203. The molecule has 0 unspecified atom stereocenters. The topological polar surface area (TPSA) is 88.5 Å². The van der Waals surface area contributed by atoms with Crippen molar-refractivity contribution in [2.45, 2.75) is 26.4 Å². The summed E-state index contributed by atoms with van der Waals surface area (Å²) in [5.74, 6) is 0.608. The molecule has 3 N–H and O–H groups in total. The molecule has 2 heterocycles. The lowest BCUT2D eigenvalue weighted by molar-refractivity contribution is 0.0240. The van der Waals surface area contributed by atoms with E-state index in [1.807, 2.05) is 45.0 Å². The fourth-order valence-electron chi connectivity index (χ4n) is 3.77. The van der Waals surface area contributed by atoms with Gasteiger partial charge in [-0.3, -0.25) is 0 Å². The van der Waals surface area contributed by atoms with E-state index in [-0.39, 0.29) is 11.8 Å². The summed E-state index contributed by atoms with van der Waals surface area (Å²) in [5.41, 5.74) is 1.54. The quantitative estimate of drug-likeness (QED) is 0.639. The van der Waals surface area contributed by atoms with E-state index < -0.39 is 5.60 Å². The zero-order chi connectivity index (χ0) is 23.8. The molecule has 0 bridgehead atoms. The number of anilines is 2. The largest absolute Gasteiger partial charge is 0.508 e. The van der Waals surface area contributed by atoms with Gasteiger partial charge in [0.2, 0.25) is 0 Å². The van der Waals surface area contributed by atoms with Crippen molar-refractivity contribution >= 4 is 17.5 Å². The van der Waals surface area contributed by atoms with Crippen molar-refractivity contribution < 1.29 is 19.7 Å². The number of carbonyl (C=O) groups excluding carboxylic acids is 1. The van der Waals surface area contributed by atoms with E-state index in [1.54, 1.807) is 29.2 Å². The summed E-state index contributed by atoms with van der Waals surface area (Å²) >= 11 is 0. The molecule has 0 aliphatic carbocycles. The minimum Gasteiger partial charge on any atom is -0.508 e. The molecule has 2 fully saturated rings. The summed E-state index contributed by atoms with van der Waals surface area (Å²) < 4.78 is 5.36. The second-order valence-corrected chi connectivity index (χ2v) is 9.20. The predicted molar refractivity (Wildman–Crippen MR) is 131 cm³/mol. The van der Waals surface area contributed by atoms with E-state index >= 15 is 0 Å². The second kappa shape index (κ2) is 11.1. The molecule has 2 aliphatic rings. The average Bonchev–Trinajstić information content (AvgIpc) is 2.80. The first kappa shape index (κ1) is 24.5. The van der Waals surface area contributed by atoms with E-state index in [1.165, 1.54) is 5.69 Å². The van der Waals surface area contributed by atoms with E-state index in [0.717, 1.165) is 31.9 Å². The molecule has 8 nitrogen and oxygen atoms in total. The van der Waals surface area contributed by atoms with Gasteiger partial charge in [-0.05, 0) is 57.2 Å². The van der Waals surface area contributed by atoms with E-state index in [4.69, 9.17) is 9.84 Å². The second-order valence-electron chi connectivity index (χ2n) is 9.20. The number of aromatic hydroxyl groups is 2. The maximum absolute atomic E-state index is 12.0. The third kappa shape index (κ3) is 7.46. The van der Waals surface area contributed by atoms with Gasteiger partial charge >= 0.3 is 6.09 Å². The molecule has 2 saturated heterocycles. The van der Waals surface area contributed by atoms with Gasteiger partial charge in [0, 0.05) is 58.0 Å². The van der Waals surface area contributed by atoms with Crippen molar-refractivity contribution in [3.8, 4) is 11.5 Å².